The van der Waals surface area contributed by atoms with Crippen LogP contribution in [0.1, 0.15) is 71.6 Å². The van der Waals surface area contributed by atoms with Gasteiger partial charge in [-0.3, -0.25) is 0 Å². The van der Waals surface area contributed by atoms with Gasteiger partial charge >= 0.3 is 5.97 Å². The molecule has 4 saturated carbocycles. The van der Waals surface area contributed by atoms with Crippen LogP contribution in [0, 0.1) is 28.6 Å². The smallest absolute Gasteiger partial charge is 0.331 e. The first-order valence-corrected chi connectivity index (χ1v) is 14.7. The van der Waals surface area contributed by atoms with Crippen molar-refractivity contribution in [1.29, 1.82) is 0 Å². The number of ether oxygens (including phenoxy) is 3. The predicted octanol–water partition coefficient (Wildman–Crippen LogP) is 0.543. The molecule has 5 fully saturated rings. The molecular formula is C29H44O10. The maximum atomic E-state index is 12.4. The minimum atomic E-state index is -1.41. The number of cyclic esters (lactones) is 1. The quantitative estimate of drug-likeness (QED) is 0.214. The fourth-order valence-electron chi connectivity index (χ4n) is 9.93. The summed E-state index contributed by atoms with van der Waals surface area (Å²) in [5.74, 6) is -0.387. The van der Waals surface area contributed by atoms with E-state index in [9.17, 15) is 35.4 Å². The van der Waals surface area contributed by atoms with Gasteiger partial charge in [-0.15, -0.1) is 0 Å². The second-order valence-corrected chi connectivity index (χ2v) is 13.6. The molecule has 2 aliphatic heterocycles. The van der Waals surface area contributed by atoms with Gasteiger partial charge in [-0.1, -0.05) is 6.92 Å². The Bertz CT molecular complexity index is 1020. The van der Waals surface area contributed by atoms with E-state index >= 15 is 0 Å². The maximum Gasteiger partial charge on any atom is 0.331 e. The lowest BCUT2D eigenvalue weighted by molar-refractivity contribution is -0.322. The number of rotatable bonds is 4. The van der Waals surface area contributed by atoms with Crippen LogP contribution in [0.4, 0.5) is 0 Å². The van der Waals surface area contributed by atoms with E-state index in [-0.39, 0.29) is 36.8 Å². The normalized spacial score (nSPS) is 55.3. The summed E-state index contributed by atoms with van der Waals surface area (Å²) < 4.78 is 16.9. The molecule has 0 amide bonds. The van der Waals surface area contributed by atoms with Crippen molar-refractivity contribution in [2.24, 2.45) is 28.6 Å². The molecule has 220 valence electrons. The van der Waals surface area contributed by atoms with E-state index in [4.69, 9.17) is 14.2 Å². The Labute approximate surface area is 229 Å². The Morgan fingerprint density at radius 1 is 0.974 bits per heavy atom. The lowest BCUT2D eigenvalue weighted by Gasteiger charge is -2.66. The molecule has 13 atom stereocenters. The van der Waals surface area contributed by atoms with Gasteiger partial charge in [0.2, 0.25) is 0 Å². The molecule has 39 heavy (non-hydrogen) atoms. The van der Waals surface area contributed by atoms with Crippen LogP contribution in [-0.2, 0) is 19.0 Å². The Kier molecular flexibility index (Phi) is 6.80. The molecular weight excluding hydrogens is 508 g/mol. The lowest BCUT2D eigenvalue weighted by Crippen LogP contribution is -2.69. The van der Waals surface area contributed by atoms with E-state index in [2.05, 4.69) is 6.92 Å². The van der Waals surface area contributed by atoms with Crippen molar-refractivity contribution < 1.29 is 49.6 Å². The third-order valence-electron chi connectivity index (χ3n) is 12.2. The van der Waals surface area contributed by atoms with Crippen molar-refractivity contribution in [2.45, 2.75) is 120 Å². The second kappa shape index (κ2) is 9.46. The molecule has 0 aromatic heterocycles. The summed E-state index contributed by atoms with van der Waals surface area (Å²) in [6.45, 7) is 3.85. The largest absolute Gasteiger partial charge is 0.458 e. The summed E-state index contributed by atoms with van der Waals surface area (Å²) >= 11 is 0. The highest BCUT2D eigenvalue weighted by Crippen LogP contribution is 2.70. The topological polar surface area (TPSA) is 166 Å². The molecule has 1 saturated heterocycles. The predicted molar refractivity (Wildman–Crippen MR) is 136 cm³/mol. The number of carbonyl (C=O) groups excluding carboxylic acids is 1. The summed E-state index contributed by atoms with van der Waals surface area (Å²) in [4.78, 5) is 11.8. The van der Waals surface area contributed by atoms with Crippen LogP contribution in [0.15, 0.2) is 11.6 Å². The maximum absolute atomic E-state index is 12.4. The zero-order chi connectivity index (χ0) is 28.0. The number of esters is 1. The van der Waals surface area contributed by atoms with E-state index in [0.29, 0.717) is 38.7 Å². The van der Waals surface area contributed by atoms with Crippen molar-refractivity contribution in [2.75, 3.05) is 13.2 Å². The molecule has 10 nitrogen and oxygen atoms in total. The molecule has 6 rings (SSSR count). The molecule has 10 heteroatoms. The lowest BCUT2D eigenvalue weighted by atomic mass is 9.41. The summed E-state index contributed by atoms with van der Waals surface area (Å²) in [6, 6.07) is 0. The van der Waals surface area contributed by atoms with E-state index in [1.54, 1.807) is 13.0 Å². The van der Waals surface area contributed by atoms with Crippen LogP contribution in [0.3, 0.4) is 0 Å². The van der Waals surface area contributed by atoms with Crippen LogP contribution < -0.4 is 0 Å². The van der Waals surface area contributed by atoms with Crippen molar-refractivity contribution in [3.63, 3.8) is 0 Å². The van der Waals surface area contributed by atoms with Gasteiger partial charge in [0, 0.05) is 23.3 Å². The van der Waals surface area contributed by atoms with Crippen LogP contribution in [0.2, 0.25) is 0 Å². The average molecular weight is 553 g/mol. The van der Waals surface area contributed by atoms with Gasteiger partial charge in [0.25, 0.3) is 0 Å². The number of hydrogen-bond acceptors (Lipinski definition) is 10. The van der Waals surface area contributed by atoms with Crippen molar-refractivity contribution in [1.82, 2.24) is 0 Å². The zero-order valence-electron chi connectivity index (χ0n) is 22.9. The number of fused-ring (bicyclic) bond motifs is 5. The van der Waals surface area contributed by atoms with Crippen molar-refractivity contribution >= 4 is 5.97 Å². The summed E-state index contributed by atoms with van der Waals surface area (Å²) in [5, 5.41) is 66.1. The third-order valence-corrected chi connectivity index (χ3v) is 12.2. The van der Waals surface area contributed by atoms with Gasteiger partial charge in [-0.05, 0) is 81.6 Å². The van der Waals surface area contributed by atoms with Crippen LogP contribution in [0.5, 0.6) is 0 Å². The van der Waals surface area contributed by atoms with Crippen LogP contribution in [0.25, 0.3) is 0 Å². The SMILES string of the molecule is C[C@H]1O[C@@H](OC2CC[C@]3(CO)C4CC[C@]5(C)[C@@H](C6=CC(=O)OC6)CC[C@]5(O)C4CC[C@]3(O)C2)[C@H](O)[C@H](O)[C@@H]1O. The molecule has 6 aliphatic rings. The summed E-state index contributed by atoms with van der Waals surface area (Å²) in [5.41, 5.74) is -2.40. The Hall–Kier alpha value is -1.11. The van der Waals surface area contributed by atoms with Gasteiger partial charge in [0.05, 0.1) is 30.0 Å². The highest BCUT2D eigenvalue weighted by Gasteiger charge is 2.71. The minimum Gasteiger partial charge on any atom is -0.458 e. The second-order valence-electron chi connectivity index (χ2n) is 13.6. The monoisotopic (exact) mass is 552 g/mol. The van der Waals surface area contributed by atoms with E-state index in [0.717, 1.165) is 24.8 Å². The molecule has 6 N–H and O–H groups in total. The van der Waals surface area contributed by atoms with Gasteiger partial charge < -0.3 is 44.8 Å². The number of carbonyl (C=O) groups is 1. The van der Waals surface area contributed by atoms with Crippen molar-refractivity contribution in [3.8, 4) is 0 Å². The molecule has 0 spiro atoms. The van der Waals surface area contributed by atoms with Crippen LogP contribution >= 0.6 is 0 Å². The van der Waals surface area contributed by atoms with Crippen molar-refractivity contribution in [3.05, 3.63) is 11.6 Å². The Morgan fingerprint density at radius 3 is 2.41 bits per heavy atom. The number of hydrogen-bond donors (Lipinski definition) is 6. The Morgan fingerprint density at radius 2 is 1.72 bits per heavy atom. The third kappa shape index (κ3) is 3.86. The Balaban J connectivity index is 1.22. The molecule has 0 aromatic rings. The number of aliphatic hydroxyl groups is 6. The van der Waals surface area contributed by atoms with E-state index in [1.807, 2.05) is 0 Å². The average Bonchev–Trinajstić information content (AvgIpc) is 3.45. The highest BCUT2D eigenvalue weighted by molar-refractivity contribution is 5.85. The highest BCUT2D eigenvalue weighted by atomic mass is 16.7. The molecule has 2 heterocycles. The minimum absolute atomic E-state index is 0.0667. The zero-order valence-corrected chi connectivity index (χ0v) is 22.9. The molecule has 0 radical (unpaired) electrons. The van der Waals surface area contributed by atoms with Crippen LogP contribution in [-0.4, -0.2) is 97.8 Å². The summed E-state index contributed by atoms with van der Waals surface area (Å²) in [6.07, 6.45) is 0.474. The van der Waals surface area contributed by atoms with Gasteiger partial charge in [-0.2, -0.15) is 0 Å². The van der Waals surface area contributed by atoms with E-state index < -0.39 is 58.8 Å². The molecule has 0 bridgehead atoms. The number of aliphatic hydroxyl groups excluding tert-OH is 4. The first kappa shape index (κ1) is 28.0. The molecule has 3 unspecified atom stereocenters. The molecule has 4 aliphatic carbocycles. The first-order chi connectivity index (χ1) is 18.4. The fraction of sp³-hybridized carbons (Fsp3) is 0.897. The van der Waals surface area contributed by atoms with E-state index in [1.165, 1.54) is 0 Å². The fourth-order valence-corrected chi connectivity index (χ4v) is 9.93. The first-order valence-electron chi connectivity index (χ1n) is 14.7. The van der Waals surface area contributed by atoms with Gasteiger partial charge in [0.15, 0.2) is 6.29 Å². The van der Waals surface area contributed by atoms with Gasteiger partial charge in [-0.25, -0.2) is 4.79 Å². The summed E-state index contributed by atoms with van der Waals surface area (Å²) in [7, 11) is 0. The standard InChI is InChI=1S/C29H44O10/c1-15-22(32)23(33)24(34)25(38-15)39-17-3-8-27(14-30)19-4-7-26(2)18(16-11-21(31)37-13-16)6-10-29(26,36)20(19)5-9-28(27,35)12-17/h11,15,17-20,22-25,30,32-36H,3-10,12-14H2,1-2H3/t15-,17?,18-,19?,20?,22-,23-,24-,25+,26-,27+,28+,29+/m1/s1. The van der Waals surface area contributed by atoms with Gasteiger partial charge in [0.1, 0.15) is 24.9 Å². The molecule has 0 aromatic carbocycles.